The molecule has 0 radical (unpaired) electrons. The van der Waals surface area contributed by atoms with Gasteiger partial charge in [-0.15, -0.1) is 0 Å². The van der Waals surface area contributed by atoms with Gasteiger partial charge in [0.25, 0.3) is 0 Å². The van der Waals surface area contributed by atoms with Crippen LogP contribution in [0.25, 0.3) is 0 Å². The maximum atomic E-state index is 9.75. The lowest BCUT2D eigenvalue weighted by atomic mass is 10.0. The fraction of sp³-hybridized carbons (Fsp3) is 0.647. The molecule has 3 heteroatoms. The molecule has 0 bridgehead atoms. The van der Waals surface area contributed by atoms with Crippen molar-refractivity contribution in [2.24, 2.45) is 0 Å². The predicted molar refractivity (Wildman–Crippen MR) is 82.1 cm³/mol. The average Bonchev–Trinajstić information content (AvgIpc) is 2.49. The highest BCUT2D eigenvalue weighted by atomic mass is 16.5. The van der Waals surface area contributed by atoms with Gasteiger partial charge in [0.2, 0.25) is 0 Å². The zero-order chi connectivity index (χ0) is 14.4. The molecule has 1 saturated heterocycles. The van der Waals surface area contributed by atoms with Crippen LogP contribution in [0, 0.1) is 0 Å². The quantitative estimate of drug-likeness (QED) is 0.865. The highest BCUT2D eigenvalue weighted by Gasteiger charge is 2.18. The summed E-state index contributed by atoms with van der Waals surface area (Å²) in [4.78, 5) is 2.45. The molecule has 1 heterocycles. The normalized spacial score (nSPS) is 21.6. The van der Waals surface area contributed by atoms with Crippen molar-refractivity contribution in [2.45, 2.75) is 51.2 Å². The molecule has 0 saturated carbocycles. The van der Waals surface area contributed by atoms with Crippen LogP contribution in [0.1, 0.15) is 50.7 Å². The molecule has 1 fully saturated rings. The number of aliphatic hydroxyl groups is 1. The molecule has 112 valence electrons. The number of aliphatic hydroxyl groups excluding tert-OH is 1. The summed E-state index contributed by atoms with van der Waals surface area (Å²) in [5, 5.41) is 9.75. The van der Waals surface area contributed by atoms with Crippen molar-refractivity contribution in [1.29, 1.82) is 0 Å². The largest absolute Gasteiger partial charge is 0.494 e. The Labute approximate surface area is 122 Å². The molecular formula is C17H27NO2. The Bertz CT molecular complexity index is 390. The topological polar surface area (TPSA) is 32.7 Å². The van der Waals surface area contributed by atoms with Crippen LogP contribution in [-0.2, 0) is 0 Å². The lowest BCUT2D eigenvalue weighted by Gasteiger charge is -2.32. The molecule has 2 unspecified atom stereocenters. The number of hydrogen-bond acceptors (Lipinski definition) is 3. The van der Waals surface area contributed by atoms with Gasteiger partial charge >= 0.3 is 0 Å². The van der Waals surface area contributed by atoms with Gasteiger partial charge in [0.05, 0.1) is 12.7 Å². The Kier molecular flexibility index (Phi) is 5.86. The summed E-state index contributed by atoms with van der Waals surface area (Å²) in [6.07, 6.45) is 5.44. The molecule has 1 aromatic rings. The van der Waals surface area contributed by atoms with E-state index in [1.54, 1.807) is 0 Å². The van der Waals surface area contributed by atoms with Crippen LogP contribution in [0.15, 0.2) is 24.3 Å². The molecule has 1 N–H and O–H groups in total. The first-order valence-electron chi connectivity index (χ1n) is 7.81. The van der Waals surface area contributed by atoms with Crippen LogP contribution in [-0.4, -0.2) is 36.2 Å². The molecule has 0 aromatic heterocycles. The van der Waals surface area contributed by atoms with Gasteiger partial charge in [0.15, 0.2) is 0 Å². The summed E-state index contributed by atoms with van der Waals surface area (Å²) in [5.41, 5.74) is 0.965. The first kappa shape index (κ1) is 15.3. The summed E-state index contributed by atoms with van der Waals surface area (Å²) in [7, 11) is 2.21. The van der Waals surface area contributed by atoms with E-state index in [4.69, 9.17) is 4.74 Å². The zero-order valence-corrected chi connectivity index (χ0v) is 12.7. The minimum absolute atomic E-state index is 0.361. The Morgan fingerprint density at radius 1 is 1.30 bits per heavy atom. The standard InChI is InChI=1S/C17H27NO2/c1-3-17(19)14-7-9-16(10-8-14)20-13-11-15-6-4-5-12-18(15)2/h7-10,15,17,19H,3-6,11-13H2,1-2H3. The second kappa shape index (κ2) is 7.65. The van der Waals surface area contributed by atoms with Gasteiger partial charge in [-0.3, -0.25) is 0 Å². The minimum atomic E-state index is -0.361. The maximum absolute atomic E-state index is 9.75. The third-order valence-electron chi connectivity index (χ3n) is 4.29. The zero-order valence-electron chi connectivity index (χ0n) is 12.7. The van der Waals surface area contributed by atoms with E-state index in [0.717, 1.165) is 30.8 Å². The van der Waals surface area contributed by atoms with Gasteiger partial charge in [-0.05, 0) is 57.0 Å². The van der Waals surface area contributed by atoms with Gasteiger partial charge in [-0.2, -0.15) is 0 Å². The van der Waals surface area contributed by atoms with Crippen molar-refractivity contribution in [3.05, 3.63) is 29.8 Å². The molecule has 2 rings (SSSR count). The Hall–Kier alpha value is -1.06. The lowest BCUT2D eigenvalue weighted by molar-refractivity contribution is 0.153. The number of rotatable bonds is 6. The van der Waals surface area contributed by atoms with E-state index in [0.29, 0.717) is 6.04 Å². The fourth-order valence-electron chi connectivity index (χ4n) is 2.84. The highest BCUT2D eigenvalue weighted by Crippen LogP contribution is 2.21. The van der Waals surface area contributed by atoms with Crippen LogP contribution in [0.4, 0.5) is 0 Å². The van der Waals surface area contributed by atoms with Crippen molar-refractivity contribution >= 4 is 0 Å². The molecule has 2 atom stereocenters. The van der Waals surface area contributed by atoms with Crippen molar-refractivity contribution in [2.75, 3.05) is 20.2 Å². The summed E-state index contributed by atoms with van der Waals surface area (Å²) in [6, 6.07) is 8.49. The summed E-state index contributed by atoms with van der Waals surface area (Å²) < 4.78 is 5.82. The summed E-state index contributed by atoms with van der Waals surface area (Å²) in [5.74, 6) is 0.899. The number of ether oxygens (including phenoxy) is 1. The van der Waals surface area contributed by atoms with Gasteiger partial charge in [-0.25, -0.2) is 0 Å². The first-order valence-corrected chi connectivity index (χ1v) is 7.81. The molecule has 0 aliphatic carbocycles. The molecule has 0 amide bonds. The van der Waals surface area contributed by atoms with Crippen LogP contribution in [0.2, 0.25) is 0 Å². The van der Waals surface area contributed by atoms with Crippen molar-refractivity contribution in [1.82, 2.24) is 4.90 Å². The van der Waals surface area contributed by atoms with Crippen LogP contribution in [0.3, 0.4) is 0 Å². The SMILES string of the molecule is CCC(O)c1ccc(OCCC2CCCCN2C)cc1. The smallest absolute Gasteiger partial charge is 0.119 e. The molecule has 1 aliphatic heterocycles. The third kappa shape index (κ3) is 4.22. The second-order valence-corrected chi connectivity index (χ2v) is 5.76. The first-order chi connectivity index (χ1) is 9.70. The van der Waals surface area contributed by atoms with Gasteiger partial charge in [0, 0.05) is 6.04 Å². The van der Waals surface area contributed by atoms with Gasteiger partial charge in [-0.1, -0.05) is 25.5 Å². The van der Waals surface area contributed by atoms with Crippen molar-refractivity contribution in [3.63, 3.8) is 0 Å². The Morgan fingerprint density at radius 3 is 2.70 bits per heavy atom. The van der Waals surface area contributed by atoms with E-state index in [9.17, 15) is 5.11 Å². The molecule has 3 nitrogen and oxygen atoms in total. The minimum Gasteiger partial charge on any atom is -0.494 e. The van der Waals surface area contributed by atoms with E-state index < -0.39 is 0 Å². The Balaban J connectivity index is 1.76. The number of nitrogens with zero attached hydrogens (tertiary/aromatic N) is 1. The average molecular weight is 277 g/mol. The van der Waals surface area contributed by atoms with Gasteiger partial charge in [0.1, 0.15) is 5.75 Å². The van der Waals surface area contributed by atoms with Crippen molar-refractivity contribution < 1.29 is 9.84 Å². The van der Waals surface area contributed by atoms with Crippen LogP contribution in [0.5, 0.6) is 5.75 Å². The second-order valence-electron chi connectivity index (χ2n) is 5.76. The molecule has 1 aromatic carbocycles. The summed E-state index contributed by atoms with van der Waals surface area (Å²) >= 11 is 0. The monoisotopic (exact) mass is 277 g/mol. The van der Waals surface area contributed by atoms with E-state index in [-0.39, 0.29) is 6.10 Å². The van der Waals surface area contributed by atoms with Crippen LogP contribution >= 0.6 is 0 Å². The Morgan fingerprint density at radius 2 is 2.05 bits per heavy atom. The highest BCUT2D eigenvalue weighted by molar-refractivity contribution is 5.28. The van der Waals surface area contributed by atoms with Crippen LogP contribution < -0.4 is 4.74 Å². The molecular weight excluding hydrogens is 250 g/mol. The van der Waals surface area contributed by atoms with Crippen molar-refractivity contribution in [3.8, 4) is 5.75 Å². The summed E-state index contributed by atoms with van der Waals surface area (Å²) in [6.45, 7) is 3.97. The maximum Gasteiger partial charge on any atom is 0.119 e. The number of likely N-dealkylation sites (tertiary alicyclic amines) is 1. The van der Waals surface area contributed by atoms with E-state index in [2.05, 4.69) is 11.9 Å². The molecule has 1 aliphatic rings. The number of hydrogen-bond donors (Lipinski definition) is 1. The fourth-order valence-corrected chi connectivity index (χ4v) is 2.84. The van der Waals surface area contributed by atoms with Gasteiger partial charge < -0.3 is 14.7 Å². The van der Waals surface area contributed by atoms with E-state index in [1.807, 2.05) is 31.2 Å². The van der Waals surface area contributed by atoms with E-state index in [1.165, 1.54) is 25.8 Å². The predicted octanol–water partition coefficient (Wildman–Crippen LogP) is 3.38. The molecule has 0 spiro atoms. The van der Waals surface area contributed by atoms with E-state index >= 15 is 0 Å². The molecule has 20 heavy (non-hydrogen) atoms. The number of piperidine rings is 1. The lowest BCUT2D eigenvalue weighted by Crippen LogP contribution is -2.37. The number of benzene rings is 1. The third-order valence-corrected chi connectivity index (χ3v) is 4.29.